The molecule has 0 N–H and O–H groups in total. The standard InChI is InChI=1S/C24H34F2O/c1-2-3-4-5-18-6-8-19(9-7-18)20-10-12-21(13-11-20)22-14-15-23(27-17-22)16-24(25)26/h6-9,16,20-23H,2-5,10-15,17H2,1H3. The molecule has 27 heavy (non-hydrogen) atoms. The van der Waals surface area contributed by atoms with E-state index in [-0.39, 0.29) is 6.10 Å². The van der Waals surface area contributed by atoms with Crippen LogP contribution in [0.2, 0.25) is 0 Å². The molecule has 2 unspecified atom stereocenters. The second-order valence-corrected chi connectivity index (χ2v) is 8.48. The fourth-order valence-corrected chi connectivity index (χ4v) is 4.90. The molecule has 0 amide bonds. The molecule has 2 aliphatic rings. The topological polar surface area (TPSA) is 9.23 Å². The third-order valence-corrected chi connectivity index (χ3v) is 6.62. The van der Waals surface area contributed by atoms with Crippen molar-refractivity contribution in [2.75, 3.05) is 6.61 Å². The molecule has 1 aromatic carbocycles. The zero-order valence-electron chi connectivity index (χ0n) is 16.6. The molecule has 1 saturated carbocycles. The predicted octanol–water partition coefficient (Wildman–Crippen LogP) is 7.27. The van der Waals surface area contributed by atoms with Crippen molar-refractivity contribution < 1.29 is 13.5 Å². The van der Waals surface area contributed by atoms with Gasteiger partial charge in [-0.3, -0.25) is 0 Å². The molecule has 3 rings (SSSR count). The van der Waals surface area contributed by atoms with E-state index in [9.17, 15) is 8.78 Å². The number of hydrogen-bond acceptors (Lipinski definition) is 1. The predicted molar refractivity (Wildman–Crippen MR) is 107 cm³/mol. The Labute approximate surface area is 163 Å². The fraction of sp³-hybridized carbons (Fsp3) is 0.667. The quantitative estimate of drug-likeness (QED) is 0.455. The van der Waals surface area contributed by atoms with Gasteiger partial charge >= 0.3 is 0 Å². The maximum Gasteiger partial charge on any atom is 0.268 e. The van der Waals surface area contributed by atoms with Crippen LogP contribution in [0.1, 0.15) is 81.8 Å². The van der Waals surface area contributed by atoms with E-state index in [1.54, 1.807) is 0 Å². The van der Waals surface area contributed by atoms with Crippen LogP contribution in [-0.2, 0) is 11.2 Å². The van der Waals surface area contributed by atoms with E-state index in [4.69, 9.17) is 4.74 Å². The Bertz CT molecular complexity index is 575. The van der Waals surface area contributed by atoms with E-state index < -0.39 is 6.08 Å². The number of ether oxygens (including phenoxy) is 1. The van der Waals surface area contributed by atoms with Crippen LogP contribution in [0, 0.1) is 11.8 Å². The summed E-state index contributed by atoms with van der Waals surface area (Å²) in [7, 11) is 0. The molecule has 2 atom stereocenters. The smallest absolute Gasteiger partial charge is 0.268 e. The van der Waals surface area contributed by atoms with E-state index in [1.807, 2.05) is 0 Å². The van der Waals surface area contributed by atoms with Gasteiger partial charge in [-0.2, -0.15) is 8.78 Å². The third kappa shape index (κ3) is 6.14. The van der Waals surface area contributed by atoms with Gasteiger partial charge in [0, 0.05) is 6.08 Å². The molecule has 1 nitrogen and oxygen atoms in total. The molecule has 1 aliphatic carbocycles. The van der Waals surface area contributed by atoms with Gasteiger partial charge in [0.1, 0.15) is 0 Å². The molecule has 1 saturated heterocycles. The second-order valence-electron chi connectivity index (χ2n) is 8.48. The van der Waals surface area contributed by atoms with Gasteiger partial charge in [-0.05, 0) is 80.2 Å². The Kier molecular flexibility index (Phi) is 7.87. The van der Waals surface area contributed by atoms with Crippen molar-refractivity contribution in [3.8, 4) is 0 Å². The zero-order chi connectivity index (χ0) is 19.1. The summed E-state index contributed by atoms with van der Waals surface area (Å²) in [6.07, 6.45) is 10.8. The first-order valence-electron chi connectivity index (χ1n) is 10.9. The van der Waals surface area contributed by atoms with Crippen molar-refractivity contribution in [1.29, 1.82) is 0 Å². The summed E-state index contributed by atoms with van der Waals surface area (Å²) in [4.78, 5) is 0. The number of halogens is 2. The molecule has 3 heteroatoms. The Morgan fingerprint density at radius 1 is 0.963 bits per heavy atom. The first-order chi connectivity index (χ1) is 13.2. The van der Waals surface area contributed by atoms with Crippen molar-refractivity contribution in [3.63, 3.8) is 0 Å². The SMILES string of the molecule is CCCCCc1ccc(C2CCC(C3CCC(C=C(F)F)OC3)CC2)cc1. The molecule has 1 heterocycles. The Balaban J connectivity index is 1.43. The van der Waals surface area contributed by atoms with Crippen LogP contribution >= 0.6 is 0 Å². The van der Waals surface area contributed by atoms with Gasteiger partial charge in [0.2, 0.25) is 0 Å². The largest absolute Gasteiger partial charge is 0.374 e. The second kappa shape index (κ2) is 10.4. The van der Waals surface area contributed by atoms with Gasteiger partial charge in [0.05, 0.1) is 12.7 Å². The first kappa shape index (κ1) is 20.5. The summed E-state index contributed by atoms with van der Waals surface area (Å²) in [5, 5.41) is 0. The van der Waals surface area contributed by atoms with Gasteiger partial charge < -0.3 is 4.74 Å². The van der Waals surface area contributed by atoms with Crippen LogP contribution in [0.3, 0.4) is 0 Å². The highest BCUT2D eigenvalue weighted by atomic mass is 19.3. The van der Waals surface area contributed by atoms with Gasteiger partial charge in [-0.1, -0.05) is 44.0 Å². The van der Waals surface area contributed by atoms with Gasteiger partial charge in [-0.25, -0.2) is 0 Å². The summed E-state index contributed by atoms with van der Waals surface area (Å²) in [5.74, 6) is 1.95. The van der Waals surface area contributed by atoms with Gasteiger partial charge in [0.15, 0.2) is 0 Å². The highest BCUT2D eigenvalue weighted by Gasteiger charge is 2.31. The molecule has 0 radical (unpaired) electrons. The highest BCUT2D eigenvalue weighted by Crippen LogP contribution is 2.41. The lowest BCUT2D eigenvalue weighted by Gasteiger charge is -2.37. The van der Waals surface area contributed by atoms with Crippen molar-refractivity contribution in [3.05, 3.63) is 47.5 Å². The monoisotopic (exact) mass is 376 g/mol. The number of benzene rings is 1. The zero-order valence-corrected chi connectivity index (χ0v) is 16.6. The maximum absolute atomic E-state index is 12.4. The molecule has 0 aromatic heterocycles. The Hall–Kier alpha value is -1.22. The van der Waals surface area contributed by atoms with E-state index in [0.717, 1.165) is 18.9 Å². The fourth-order valence-electron chi connectivity index (χ4n) is 4.90. The lowest BCUT2D eigenvalue weighted by atomic mass is 9.72. The normalized spacial score (nSPS) is 28.7. The van der Waals surface area contributed by atoms with E-state index in [2.05, 4.69) is 31.2 Å². The molecule has 1 aliphatic heterocycles. The van der Waals surface area contributed by atoms with Gasteiger partial charge in [0.25, 0.3) is 6.08 Å². The molecular weight excluding hydrogens is 342 g/mol. The summed E-state index contributed by atoms with van der Waals surface area (Å²) < 4.78 is 30.4. The highest BCUT2D eigenvalue weighted by molar-refractivity contribution is 5.26. The molecule has 0 bridgehead atoms. The molecule has 2 fully saturated rings. The van der Waals surface area contributed by atoms with Crippen LogP contribution in [0.25, 0.3) is 0 Å². The molecule has 0 spiro atoms. The summed E-state index contributed by atoms with van der Waals surface area (Å²) in [6.45, 7) is 2.90. The van der Waals surface area contributed by atoms with Crippen molar-refractivity contribution in [2.24, 2.45) is 11.8 Å². The van der Waals surface area contributed by atoms with Crippen LogP contribution in [0.4, 0.5) is 8.78 Å². The summed E-state index contributed by atoms with van der Waals surface area (Å²) >= 11 is 0. The summed E-state index contributed by atoms with van der Waals surface area (Å²) in [6, 6.07) is 9.34. The number of unbranched alkanes of at least 4 members (excludes halogenated alkanes) is 2. The van der Waals surface area contributed by atoms with Crippen LogP contribution in [-0.4, -0.2) is 12.7 Å². The average molecular weight is 377 g/mol. The van der Waals surface area contributed by atoms with E-state index in [0.29, 0.717) is 24.4 Å². The van der Waals surface area contributed by atoms with E-state index in [1.165, 1.54) is 62.5 Å². The minimum Gasteiger partial charge on any atom is -0.374 e. The van der Waals surface area contributed by atoms with Crippen LogP contribution in [0.15, 0.2) is 36.4 Å². The number of rotatable bonds is 7. The van der Waals surface area contributed by atoms with Crippen LogP contribution in [0.5, 0.6) is 0 Å². The maximum atomic E-state index is 12.4. The van der Waals surface area contributed by atoms with Crippen molar-refractivity contribution >= 4 is 0 Å². The van der Waals surface area contributed by atoms with Crippen molar-refractivity contribution in [1.82, 2.24) is 0 Å². The minimum absolute atomic E-state index is 0.376. The van der Waals surface area contributed by atoms with Crippen molar-refractivity contribution in [2.45, 2.75) is 83.2 Å². The van der Waals surface area contributed by atoms with Gasteiger partial charge in [-0.15, -0.1) is 0 Å². The van der Waals surface area contributed by atoms with E-state index >= 15 is 0 Å². The Morgan fingerprint density at radius 3 is 2.26 bits per heavy atom. The lowest BCUT2D eigenvalue weighted by Crippen LogP contribution is -2.31. The Morgan fingerprint density at radius 2 is 1.67 bits per heavy atom. The summed E-state index contributed by atoms with van der Waals surface area (Å²) in [5.41, 5.74) is 2.96. The minimum atomic E-state index is -1.62. The molecular formula is C24H34F2O. The molecule has 1 aromatic rings. The molecule has 150 valence electrons. The first-order valence-corrected chi connectivity index (χ1v) is 10.9. The number of hydrogen-bond donors (Lipinski definition) is 0. The number of aryl methyl sites for hydroxylation is 1. The average Bonchev–Trinajstić information content (AvgIpc) is 2.69. The lowest BCUT2D eigenvalue weighted by molar-refractivity contribution is -0.0164. The third-order valence-electron chi connectivity index (χ3n) is 6.62. The van der Waals surface area contributed by atoms with Crippen LogP contribution < -0.4 is 0 Å².